The van der Waals surface area contributed by atoms with Crippen molar-refractivity contribution in [2.24, 2.45) is 11.7 Å². The van der Waals surface area contributed by atoms with Gasteiger partial charge in [-0.25, -0.2) is 4.98 Å². The Morgan fingerprint density at radius 2 is 2.25 bits per heavy atom. The monoisotopic (exact) mass is 290 g/mol. The maximum atomic E-state index is 5.83. The minimum absolute atomic E-state index is 0.441. The molecule has 0 bridgehead atoms. The van der Waals surface area contributed by atoms with Crippen molar-refractivity contribution in [2.45, 2.75) is 25.3 Å². The zero-order chi connectivity index (χ0) is 14.1. The topological polar surface area (TPSA) is 45.4 Å². The molecule has 3 rings (SSSR count). The molecule has 0 spiro atoms. The average molecular weight is 290 g/mol. The number of hydrogen-bond donors (Lipinski definition) is 1. The minimum atomic E-state index is 0.441. The number of thiocarbonyl (C=S) groups is 1. The first kappa shape index (κ1) is 13.8. The summed E-state index contributed by atoms with van der Waals surface area (Å²) >= 11 is 5.16. The molecule has 1 aromatic rings. The van der Waals surface area contributed by atoms with Crippen LogP contribution in [0.3, 0.4) is 0 Å². The van der Waals surface area contributed by atoms with E-state index in [4.69, 9.17) is 18.0 Å². The van der Waals surface area contributed by atoms with Gasteiger partial charge in [0.15, 0.2) is 0 Å². The lowest BCUT2D eigenvalue weighted by Gasteiger charge is -2.46. The normalized spacial score (nSPS) is 27.1. The van der Waals surface area contributed by atoms with Gasteiger partial charge >= 0.3 is 0 Å². The van der Waals surface area contributed by atoms with Crippen molar-refractivity contribution in [2.75, 3.05) is 31.6 Å². The van der Waals surface area contributed by atoms with Crippen LogP contribution in [0, 0.1) is 5.92 Å². The Morgan fingerprint density at radius 3 is 3.05 bits per heavy atom. The SMILES string of the molecule is CN1CCCC2CN(c3ncccc3C(N)=S)CCC21. The Balaban J connectivity index is 1.81. The summed E-state index contributed by atoms with van der Waals surface area (Å²) in [7, 11) is 2.26. The second kappa shape index (κ2) is 5.66. The molecule has 3 heterocycles. The fourth-order valence-electron chi connectivity index (χ4n) is 3.69. The predicted molar refractivity (Wildman–Crippen MR) is 86.1 cm³/mol. The van der Waals surface area contributed by atoms with E-state index in [0.29, 0.717) is 4.99 Å². The molecule has 108 valence electrons. The van der Waals surface area contributed by atoms with Gasteiger partial charge in [-0.15, -0.1) is 0 Å². The standard InChI is InChI=1S/C15H22N4S/c1-18-8-3-4-11-10-19(9-6-13(11)18)15-12(14(16)20)5-2-7-17-15/h2,5,7,11,13H,3-4,6,8-10H2,1H3,(H2,16,20). The highest BCUT2D eigenvalue weighted by Gasteiger charge is 2.35. The van der Waals surface area contributed by atoms with Crippen LogP contribution in [-0.2, 0) is 0 Å². The van der Waals surface area contributed by atoms with Gasteiger partial charge in [0, 0.05) is 25.3 Å². The van der Waals surface area contributed by atoms with E-state index in [2.05, 4.69) is 21.8 Å². The molecule has 2 saturated heterocycles. The van der Waals surface area contributed by atoms with Gasteiger partial charge in [0.05, 0.1) is 5.56 Å². The highest BCUT2D eigenvalue weighted by Crippen LogP contribution is 2.32. The zero-order valence-corrected chi connectivity index (χ0v) is 12.8. The van der Waals surface area contributed by atoms with Gasteiger partial charge in [-0.1, -0.05) is 12.2 Å². The molecule has 0 aliphatic carbocycles. The largest absolute Gasteiger partial charge is 0.389 e. The molecule has 0 aromatic carbocycles. The Kier molecular flexibility index (Phi) is 3.89. The van der Waals surface area contributed by atoms with Gasteiger partial charge in [-0.2, -0.15) is 0 Å². The average Bonchev–Trinajstić information content (AvgIpc) is 2.47. The summed E-state index contributed by atoms with van der Waals surface area (Å²) in [5, 5.41) is 0. The predicted octanol–water partition coefficient (Wildman–Crippen LogP) is 1.64. The number of pyridine rings is 1. The van der Waals surface area contributed by atoms with Crippen LogP contribution in [0.2, 0.25) is 0 Å². The second-order valence-corrected chi connectivity index (χ2v) is 6.36. The van der Waals surface area contributed by atoms with E-state index in [0.717, 1.165) is 36.4 Å². The fraction of sp³-hybridized carbons (Fsp3) is 0.600. The number of fused-ring (bicyclic) bond motifs is 1. The summed E-state index contributed by atoms with van der Waals surface area (Å²) in [4.78, 5) is 9.86. The number of likely N-dealkylation sites (tertiary alicyclic amines) is 1. The van der Waals surface area contributed by atoms with Crippen molar-refractivity contribution in [3.05, 3.63) is 23.9 Å². The van der Waals surface area contributed by atoms with Crippen LogP contribution >= 0.6 is 12.2 Å². The number of rotatable bonds is 2. The Bertz CT molecular complexity index is 504. The van der Waals surface area contributed by atoms with E-state index < -0.39 is 0 Å². The van der Waals surface area contributed by atoms with E-state index >= 15 is 0 Å². The van der Waals surface area contributed by atoms with Gasteiger partial charge in [0.25, 0.3) is 0 Å². The molecule has 2 atom stereocenters. The maximum Gasteiger partial charge on any atom is 0.138 e. The maximum absolute atomic E-state index is 5.83. The van der Waals surface area contributed by atoms with E-state index in [1.807, 2.05) is 18.3 Å². The molecule has 4 nitrogen and oxygen atoms in total. The van der Waals surface area contributed by atoms with Crippen LogP contribution in [-0.4, -0.2) is 47.6 Å². The van der Waals surface area contributed by atoms with Crippen molar-refractivity contribution in [1.29, 1.82) is 0 Å². The Labute approximate surface area is 126 Å². The van der Waals surface area contributed by atoms with Gasteiger partial charge in [-0.05, 0) is 50.9 Å². The molecule has 2 aliphatic heterocycles. The molecule has 2 aliphatic rings. The lowest BCUT2D eigenvalue weighted by Crippen LogP contribution is -2.53. The van der Waals surface area contributed by atoms with Crippen LogP contribution < -0.4 is 10.6 Å². The third-order valence-corrected chi connectivity index (χ3v) is 4.92. The summed E-state index contributed by atoms with van der Waals surface area (Å²) in [6, 6.07) is 4.61. The minimum Gasteiger partial charge on any atom is -0.389 e. The van der Waals surface area contributed by atoms with Gasteiger partial charge in [-0.3, -0.25) is 0 Å². The van der Waals surface area contributed by atoms with Gasteiger partial charge < -0.3 is 15.5 Å². The lowest BCUT2D eigenvalue weighted by atomic mass is 9.84. The molecule has 0 amide bonds. The number of piperidine rings is 2. The first-order valence-corrected chi connectivity index (χ1v) is 7.77. The van der Waals surface area contributed by atoms with Crippen molar-refractivity contribution in [3.63, 3.8) is 0 Å². The summed E-state index contributed by atoms with van der Waals surface area (Å²) in [5.41, 5.74) is 6.74. The van der Waals surface area contributed by atoms with Crippen LogP contribution in [0.25, 0.3) is 0 Å². The number of aromatic nitrogens is 1. The van der Waals surface area contributed by atoms with Crippen LogP contribution in [0.5, 0.6) is 0 Å². The van der Waals surface area contributed by atoms with E-state index in [1.165, 1.54) is 25.8 Å². The lowest BCUT2D eigenvalue weighted by molar-refractivity contribution is 0.102. The summed E-state index contributed by atoms with van der Waals surface area (Å²) in [5.74, 6) is 1.70. The van der Waals surface area contributed by atoms with Crippen molar-refractivity contribution in [3.8, 4) is 0 Å². The summed E-state index contributed by atoms with van der Waals surface area (Å²) in [6.45, 7) is 3.35. The molecular formula is C15H22N4S. The number of nitrogens with zero attached hydrogens (tertiary/aromatic N) is 3. The van der Waals surface area contributed by atoms with Crippen molar-refractivity contribution in [1.82, 2.24) is 9.88 Å². The van der Waals surface area contributed by atoms with Crippen LogP contribution in [0.15, 0.2) is 18.3 Å². The zero-order valence-electron chi connectivity index (χ0n) is 12.0. The third-order valence-electron chi connectivity index (χ3n) is 4.70. The summed E-state index contributed by atoms with van der Waals surface area (Å²) in [6.07, 6.45) is 5.65. The number of hydrogen-bond acceptors (Lipinski definition) is 4. The molecule has 20 heavy (non-hydrogen) atoms. The molecule has 2 unspecified atom stereocenters. The first-order valence-electron chi connectivity index (χ1n) is 7.37. The van der Waals surface area contributed by atoms with E-state index in [9.17, 15) is 0 Å². The number of anilines is 1. The van der Waals surface area contributed by atoms with Gasteiger partial charge in [0.2, 0.25) is 0 Å². The third kappa shape index (κ3) is 2.52. The van der Waals surface area contributed by atoms with Gasteiger partial charge in [0.1, 0.15) is 10.8 Å². The van der Waals surface area contributed by atoms with Crippen LogP contribution in [0.4, 0.5) is 5.82 Å². The van der Waals surface area contributed by atoms with Crippen LogP contribution in [0.1, 0.15) is 24.8 Å². The second-order valence-electron chi connectivity index (χ2n) is 5.92. The molecule has 2 fully saturated rings. The Morgan fingerprint density at radius 1 is 1.40 bits per heavy atom. The fourth-order valence-corrected chi connectivity index (χ4v) is 3.85. The molecule has 2 N–H and O–H groups in total. The van der Waals surface area contributed by atoms with E-state index in [1.54, 1.807) is 0 Å². The Hall–Kier alpha value is -1.20. The molecule has 1 aromatic heterocycles. The molecule has 0 saturated carbocycles. The van der Waals surface area contributed by atoms with Crippen molar-refractivity contribution >= 4 is 23.0 Å². The smallest absolute Gasteiger partial charge is 0.138 e. The molecule has 0 radical (unpaired) electrons. The first-order chi connectivity index (χ1) is 9.66. The molecular weight excluding hydrogens is 268 g/mol. The number of nitrogens with two attached hydrogens (primary N) is 1. The highest BCUT2D eigenvalue weighted by atomic mass is 32.1. The van der Waals surface area contributed by atoms with E-state index in [-0.39, 0.29) is 0 Å². The quantitative estimate of drug-likeness (QED) is 0.839. The van der Waals surface area contributed by atoms with Crippen molar-refractivity contribution < 1.29 is 0 Å². The summed E-state index contributed by atoms with van der Waals surface area (Å²) < 4.78 is 0. The molecule has 5 heteroatoms. The highest BCUT2D eigenvalue weighted by molar-refractivity contribution is 7.80.